The van der Waals surface area contributed by atoms with E-state index in [4.69, 9.17) is 0 Å². The van der Waals surface area contributed by atoms with Crippen LogP contribution in [0.1, 0.15) is 58.3 Å². The van der Waals surface area contributed by atoms with Crippen LogP contribution in [0.4, 0.5) is 0 Å². The molecule has 1 unspecified atom stereocenters. The summed E-state index contributed by atoms with van der Waals surface area (Å²) < 4.78 is 0. The van der Waals surface area contributed by atoms with Gasteiger partial charge in [0, 0.05) is 17.3 Å². The first-order chi connectivity index (χ1) is 7.70. The number of hydrogen-bond donors (Lipinski definition) is 1. The monoisotopic (exact) mass is 289 g/mol. The number of carbonyl (C=O) groups excluding carboxylic acids is 1. The highest BCUT2D eigenvalue weighted by atomic mass is 79.9. The molecule has 1 aliphatic rings. The Morgan fingerprint density at radius 3 is 2.50 bits per heavy atom. The average molecular weight is 290 g/mol. The third kappa shape index (κ3) is 5.88. The number of rotatable bonds is 5. The number of nitrogens with one attached hydrogen (secondary N) is 1. The van der Waals surface area contributed by atoms with Crippen molar-refractivity contribution in [3.8, 4) is 0 Å². The van der Waals surface area contributed by atoms with Gasteiger partial charge in [-0.25, -0.2) is 0 Å². The smallest absolute Gasteiger partial charge is 0.223 e. The quantitative estimate of drug-likeness (QED) is 0.467. The Hall–Kier alpha value is -0.0500. The van der Waals surface area contributed by atoms with Gasteiger partial charge in [0.2, 0.25) is 5.91 Å². The Morgan fingerprint density at radius 2 is 1.94 bits per heavy atom. The lowest BCUT2D eigenvalue weighted by Crippen LogP contribution is -2.31. The fourth-order valence-electron chi connectivity index (χ4n) is 2.28. The van der Waals surface area contributed by atoms with Gasteiger partial charge >= 0.3 is 0 Å². The fraction of sp³-hybridized carbons (Fsp3) is 0.923. The number of halogens is 1. The highest BCUT2D eigenvalue weighted by molar-refractivity contribution is 9.09. The molecule has 0 aromatic rings. The van der Waals surface area contributed by atoms with Crippen LogP contribution in [0.2, 0.25) is 0 Å². The van der Waals surface area contributed by atoms with Crippen molar-refractivity contribution >= 4 is 21.8 Å². The second-order valence-corrected chi connectivity index (χ2v) is 6.47. The number of carbonyl (C=O) groups is 1. The van der Waals surface area contributed by atoms with Crippen LogP contribution in [0.25, 0.3) is 0 Å². The predicted molar refractivity (Wildman–Crippen MR) is 71.8 cm³/mol. The minimum absolute atomic E-state index is 0.295. The highest BCUT2D eigenvalue weighted by Gasteiger charge is 2.19. The molecule has 0 aliphatic heterocycles. The SMILES string of the molecule is CC(Br)CCCNC(=O)C1CCCCCC1. The summed E-state index contributed by atoms with van der Waals surface area (Å²) in [6.45, 7) is 2.98. The summed E-state index contributed by atoms with van der Waals surface area (Å²) in [5.74, 6) is 0.591. The van der Waals surface area contributed by atoms with Gasteiger partial charge in [-0.05, 0) is 25.7 Å². The third-order valence-corrected chi connectivity index (χ3v) is 3.76. The maximum absolute atomic E-state index is 11.9. The van der Waals surface area contributed by atoms with Crippen molar-refractivity contribution < 1.29 is 4.79 Å². The van der Waals surface area contributed by atoms with Crippen molar-refractivity contribution in [2.24, 2.45) is 5.92 Å². The van der Waals surface area contributed by atoms with E-state index in [2.05, 4.69) is 28.2 Å². The summed E-state index contributed by atoms with van der Waals surface area (Å²) in [5, 5.41) is 3.08. The largest absolute Gasteiger partial charge is 0.356 e. The van der Waals surface area contributed by atoms with E-state index in [1.54, 1.807) is 0 Å². The summed E-state index contributed by atoms with van der Waals surface area (Å²) in [6.07, 6.45) is 9.49. The fourth-order valence-corrected chi connectivity index (χ4v) is 2.60. The lowest BCUT2D eigenvalue weighted by molar-refractivity contribution is -0.125. The first kappa shape index (κ1) is 14.0. The lowest BCUT2D eigenvalue weighted by atomic mass is 9.99. The van der Waals surface area contributed by atoms with Gasteiger partial charge in [0.25, 0.3) is 0 Å². The van der Waals surface area contributed by atoms with Crippen molar-refractivity contribution in [3.63, 3.8) is 0 Å². The van der Waals surface area contributed by atoms with E-state index in [1.807, 2.05) is 0 Å². The molecule has 2 nitrogen and oxygen atoms in total. The van der Waals surface area contributed by atoms with E-state index in [-0.39, 0.29) is 0 Å². The minimum Gasteiger partial charge on any atom is -0.356 e. The van der Waals surface area contributed by atoms with E-state index >= 15 is 0 Å². The molecule has 1 aliphatic carbocycles. The van der Waals surface area contributed by atoms with Gasteiger partial charge in [0.05, 0.1) is 0 Å². The number of amides is 1. The van der Waals surface area contributed by atoms with E-state index in [1.165, 1.54) is 25.7 Å². The van der Waals surface area contributed by atoms with Crippen LogP contribution in [0.3, 0.4) is 0 Å². The highest BCUT2D eigenvalue weighted by Crippen LogP contribution is 2.22. The normalized spacial score (nSPS) is 20.1. The summed E-state index contributed by atoms with van der Waals surface area (Å²) >= 11 is 3.52. The maximum Gasteiger partial charge on any atom is 0.223 e. The Kier molecular flexibility index (Phi) is 7.10. The van der Waals surface area contributed by atoms with E-state index in [9.17, 15) is 4.79 Å². The van der Waals surface area contributed by atoms with E-state index in [0.717, 1.165) is 32.2 Å². The predicted octanol–water partition coefficient (Wildman–Crippen LogP) is 3.64. The lowest BCUT2D eigenvalue weighted by Gasteiger charge is -2.14. The minimum atomic E-state index is 0.295. The molecule has 0 bridgehead atoms. The van der Waals surface area contributed by atoms with Crippen molar-refractivity contribution in [3.05, 3.63) is 0 Å². The van der Waals surface area contributed by atoms with Crippen LogP contribution < -0.4 is 5.32 Å². The molecule has 0 aromatic carbocycles. The Labute approximate surface area is 108 Å². The topological polar surface area (TPSA) is 29.1 Å². The van der Waals surface area contributed by atoms with Crippen LogP contribution in [0.15, 0.2) is 0 Å². The molecule has 0 radical (unpaired) electrons. The van der Waals surface area contributed by atoms with Crippen LogP contribution in [-0.2, 0) is 4.79 Å². The van der Waals surface area contributed by atoms with Gasteiger partial charge in [-0.3, -0.25) is 4.79 Å². The molecular weight excluding hydrogens is 266 g/mol. The average Bonchev–Trinajstić information content (AvgIpc) is 2.52. The van der Waals surface area contributed by atoms with Crippen LogP contribution >= 0.6 is 15.9 Å². The van der Waals surface area contributed by atoms with E-state index < -0.39 is 0 Å². The Morgan fingerprint density at radius 1 is 1.31 bits per heavy atom. The van der Waals surface area contributed by atoms with Crippen molar-refractivity contribution in [2.75, 3.05) is 6.54 Å². The number of alkyl halides is 1. The first-order valence-corrected chi connectivity index (χ1v) is 7.53. The van der Waals surface area contributed by atoms with E-state index in [0.29, 0.717) is 16.7 Å². The number of hydrogen-bond acceptors (Lipinski definition) is 1. The summed E-state index contributed by atoms with van der Waals surface area (Å²) in [7, 11) is 0. The van der Waals surface area contributed by atoms with Crippen molar-refractivity contribution in [1.82, 2.24) is 5.32 Å². The summed E-state index contributed by atoms with van der Waals surface area (Å²) in [5.41, 5.74) is 0. The second-order valence-electron chi connectivity index (χ2n) is 4.90. The van der Waals surface area contributed by atoms with Crippen molar-refractivity contribution in [1.29, 1.82) is 0 Å². The zero-order chi connectivity index (χ0) is 11.8. The van der Waals surface area contributed by atoms with Crippen LogP contribution in [0.5, 0.6) is 0 Å². The molecule has 0 spiro atoms. The molecule has 94 valence electrons. The molecule has 0 aromatic heterocycles. The van der Waals surface area contributed by atoms with Gasteiger partial charge < -0.3 is 5.32 Å². The van der Waals surface area contributed by atoms with Crippen LogP contribution in [-0.4, -0.2) is 17.3 Å². The zero-order valence-corrected chi connectivity index (χ0v) is 11.9. The standard InChI is InChI=1S/C13H24BrNO/c1-11(14)7-6-10-15-13(16)12-8-4-2-3-5-9-12/h11-12H,2-10H2,1H3,(H,15,16). The molecule has 1 amide bonds. The van der Waals surface area contributed by atoms with Gasteiger partial charge in [0.15, 0.2) is 0 Å². The molecular formula is C13H24BrNO. The molecule has 1 saturated carbocycles. The molecule has 16 heavy (non-hydrogen) atoms. The van der Waals surface area contributed by atoms with Gasteiger partial charge in [-0.1, -0.05) is 48.5 Å². The molecule has 1 rings (SSSR count). The van der Waals surface area contributed by atoms with Crippen molar-refractivity contribution in [2.45, 2.75) is 63.1 Å². The van der Waals surface area contributed by atoms with Gasteiger partial charge in [0.1, 0.15) is 0 Å². The molecule has 1 atom stereocenters. The van der Waals surface area contributed by atoms with Gasteiger partial charge in [-0.2, -0.15) is 0 Å². The van der Waals surface area contributed by atoms with Gasteiger partial charge in [-0.15, -0.1) is 0 Å². The third-order valence-electron chi connectivity index (χ3n) is 3.30. The summed E-state index contributed by atoms with van der Waals surface area (Å²) in [6, 6.07) is 0. The molecule has 3 heteroatoms. The Balaban J connectivity index is 2.13. The molecule has 0 heterocycles. The first-order valence-electron chi connectivity index (χ1n) is 6.62. The molecule has 1 fully saturated rings. The molecule has 1 N–H and O–H groups in total. The summed E-state index contributed by atoms with van der Waals surface area (Å²) in [4.78, 5) is 12.4. The maximum atomic E-state index is 11.9. The molecule has 0 saturated heterocycles. The zero-order valence-electron chi connectivity index (χ0n) is 10.3. The van der Waals surface area contributed by atoms with Crippen LogP contribution in [0, 0.1) is 5.92 Å². The second kappa shape index (κ2) is 8.10. The Bertz CT molecular complexity index is 198.